The predicted octanol–water partition coefficient (Wildman–Crippen LogP) is 2.84. The van der Waals surface area contributed by atoms with Crippen molar-refractivity contribution in [1.82, 2.24) is 5.32 Å². The highest BCUT2D eigenvalue weighted by atomic mass is 16.2. The highest BCUT2D eigenvalue weighted by molar-refractivity contribution is 5.92. The SMILES string of the molecule is NC(=O)Nc1ccc(NC(=O)CCNC(=O)C23CC4CC(CC(C4)C2)C3)cc1. The average Bonchev–Trinajstić information content (AvgIpc) is 2.61. The van der Waals surface area contributed by atoms with Gasteiger partial charge in [0.05, 0.1) is 0 Å². The zero-order valence-corrected chi connectivity index (χ0v) is 16.0. The molecule has 150 valence electrons. The van der Waals surface area contributed by atoms with Crippen molar-refractivity contribution < 1.29 is 14.4 Å². The number of carbonyl (C=O) groups is 3. The van der Waals surface area contributed by atoms with Gasteiger partial charge >= 0.3 is 6.03 Å². The number of amides is 4. The first-order valence-corrected chi connectivity index (χ1v) is 10.2. The van der Waals surface area contributed by atoms with Gasteiger partial charge in [-0.1, -0.05) is 0 Å². The monoisotopic (exact) mass is 384 g/mol. The lowest BCUT2D eigenvalue weighted by Gasteiger charge is -2.55. The Morgan fingerprint density at radius 2 is 1.39 bits per heavy atom. The summed E-state index contributed by atoms with van der Waals surface area (Å²) in [6.07, 6.45) is 7.25. The molecule has 4 amide bonds. The number of primary amides is 1. The minimum absolute atomic E-state index is 0.151. The fraction of sp³-hybridized carbons (Fsp3) is 0.571. The summed E-state index contributed by atoms with van der Waals surface area (Å²) >= 11 is 0. The molecule has 4 bridgehead atoms. The summed E-state index contributed by atoms with van der Waals surface area (Å²) in [7, 11) is 0. The molecule has 1 aromatic rings. The van der Waals surface area contributed by atoms with Crippen LogP contribution in [0.2, 0.25) is 0 Å². The molecule has 0 heterocycles. The van der Waals surface area contributed by atoms with Crippen LogP contribution in [0.25, 0.3) is 0 Å². The fourth-order valence-electron chi connectivity index (χ4n) is 5.87. The first-order chi connectivity index (χ1) is 13.4. The summed E-state index contributed by atoms with van der Waals surface area (Å²) in [5, 5.41) is 8.29. The highest BCUT2D eigenvalue weighted by Crippen LogP contribution is 2.60. The van der Waals surface area contributed by atoms with E-state index in [1.54, 1.807) is 24.3 Å². The van der Waals surface area contributed by atoms with Crippen molar-refractivity contribution in [2.24, 2.45) is 28.9 Å². The molecule has 7 heteroatoms. The lowest BCUT2D eigenvalue weighted by Crippen LogP contribution is -2.53. The maximum atomic E-state index is 12.9. The maximum absolute atomic E-state index is 12.9. The second-order valence-electron chi connectivity index (χ2n) is 8.82. The molecule has 1 aromatic carbocycles. The number of anilines is 2. The molecule has 28 heavy (non-hydrogen) atoms. The second-order valence-corrected chi connectivity index (χ2v) is 8.82. The quantitative estimate of drug-likeness (QED) is 0.605. The third kappa shape index (κ3) is 3.98. The van der Waals surface area contributed by atoms with E-state index >= 15 is 0 Å². The molecule has 4 saturated carbocycles. The van der Waals surface area contributed by atoms with Crippen LogP contribution >= 0.6 is 0 Å². The number of hydrogen-bond acceptors (Lipinski definition) is 3. The summed E-state index contributed by atoms with van der Waals surface area (Å²) in [4.78, 5) is 35.8. The summed E-state index contributed by atoms with van der Waals surface area (Å²) in [6, 6.07) is 6.07. The highest BCUT2D eigenvalue weighted by Gasteiger charge is 2.54. The van der Waals surface area contributed by atoms with Crippen molar-refractivity contribution in [1.29, 1.82) is 0 Å². The molecule has 4 aliphatic rings. The largest absolute Gasteiger partial charge is 0.355 e. The van der Waals surface area contributed by atoms with Crippen LogP contribution in [0.3, 0.4) is 0 Å². The van der Waals surface area contributed by atoms with Crippen LogP contribution in [0.1, 0.15) is 44.9 Å². The maximum Gasteiger partial charge on any atom is 0.316 e. The van der Waals surface area contributed by atoms with Crippen molar-refractivity contribution in [3.05, 3.63) is 24.3 Å². The first-order valence-electron chi connectivity index (χ1n) is 10.2. The molecular formula is C21H28N4O3. The molecule has 4 fully saturated rings. The molecule has 0 aromatic heterocycles. The molecule has 0 atom stereocenters. The molecule has 0 spiro atoms. The van der Waals surface area contributed by atoms with Gasteiger partial charge in [-0.2, -0.15) is 0 Å². The minimum atomic E-state index is -0.633. The van der Waals surface area contributed by atoms with Gasteiger partial charge in [-0.15, -0.1) is 0 Å². The van der Waals surface area contributed by atoms with Crippen LogP contribution in [0.5, 0.6) is 0 Å². The first kappa shape index (κ1) is 18.8. The van der Waals surface area contributed by atoms with E-state index in [-0.39, 0.29) is 23.7 Å². The van der Waals surface area contributed by atoms with E-state index < -0.39 is 6.03 Å². The van der Waals surface area contributed by atoms with Crippen molar-refractivity contribution in [3.8, 4) is 0 Å². The summed E-state index contributed by atoms with van der Waals surface area (Å²) in [6.45, 7) is 0.355. The number of nitrogens with two attached hydrogens (primary N) is 1. The van der Waals surface area contributed by atoms with E-state index in [1.807, 2.05) is 0 Å². The standard InChI is InChI=1S/C21H28N4O3/c22-20(28)25-17-3-1-16(2-4-17)24-18(26)5-6-23-19(27)21-10-13-7-14(11-21)9-15(8-13)12-21/h1-4,13-15H,5-12H2,(H,23,27)(H,24,26)(H3,22,25,28). The third-order valence-corrected chi connectivity index (χ3v) is 6.59. The molecule has 4 aliphatic carbocycles. The number of hydrogen-bond donors (Lipinski definition) is 4. The summed E-state index contributed by atoms with van der Waals surface area (Å²) in [5.74, 6) is 2.19. The smallest absolute Gasteiger partial charge is 0.316 e. The van der Waals surface area contributed by atoms with Crippen LogP contribution in [0.4, 0.5) is 16.2 Å². The zero-order chi connectivity index (χ0) is 19.7. The van der Waals surface area contributed by atoms with Crippen molar-refractivity contribution in [3.63, 3.8) is 0 Å². The molecule has 7 nitrogen and oxygen atoms in total. The van der Waals surface area contributed by atoms with E-state index in [4.69, 9.17) is 5.73 Å². The van der Waals surface area contributed by atoms with Gasteiger partial charge in [0.1, 0.15) is 0 Å². The van der Waals surface area contributed by atoms with Gasteiger partial charge in [0, 0.05) is 29.8 Å². The Balaban J connectivity index is 1.23. The van der Waals surface area contributed by atoms with Gasteiger partial charge in [0.25, 0.3) is 0 Å². The molecule has 0 unspecified atom stereocenters. The Morgan fingerprint density at radius 3 is 1.89 bits per heavy atom. The normalized spacial score (nSPS) is 29.9. The second kappa shape index (κ2) is 7.45. The Bertz CT molecular complexity index is 739. The van der Waals surface area contributed by atoms with Crippen LogP contribution in [0, 0.1) is 23.2 Å². The van der Waals surface area contributed by atoms with Crippen LogP contribution in [-0.4, -0.2) is 24.4 Å². The fourth-order valence-corrected chi connectivity index (χ4v) is 5.87. The van der Waals surface area contributed by atoms with E-state index in [1.165, 1.54) is 19.3 Å². The lowest BCUT2D eigenvalue weighted by molar-refractivity contribution is -0.146. The predicted molar refractivity (Wildman–Crippen MR) is 107 cm³/mol. The van der Waals surface area contributed by atoms with E-state index in [9.17, 15) is 14.4 Å². The van der Waals surface area contributed by atoms with Crippen LogP contribution in [0.15, 0.2) is 24.3 Å². The van der Waals surface area contributed by atoms with Gasteiger partial charge in [-0.25, -0.2) is 4.79 Å². The molecule has 5 rings (SSSR count). The minimum Gasteiger partial charge on any atom is -0.355 e. The van der Waals surface area contributed by atoms with Gasteiger partial charge < -0.3 is 21.7 Å². The van der Waals surface area contributed by atoms with E-state index in [0.717, 1.165) is 37.0 Å². The molecule has 5 N–H and O–H groups in total. The van der Waals surface area contributed by atoms with Gasteiger partial charge in [0.15, 0.2) is 0 Å². The van der Waals surface area contributed by atoms with Crippen molar-refractivity contribution >= 4 is 29.2 Å². The number of urea groups is 1. The van der Waals surface area contributed by atoms with Gasteiger partial charge in [-0.3, -0.25) is 9.59 Å². The molecular weight excluding hydrogens is 356 g/mol. The summed E-state index contributed by atoms with van der Waals surface area (Å²) < 4.78 is 0. The Labute approximate surface area is 164 Å². The topological polar surface area (TPSA) is 113 Å². The molecule has 0 aliphatic heterocycles. The molecule has 0 saturated heterocycles. The Morgan fingerprint density at radius 1 is 0.893 bits per heavy atom. The lowest BCUT2D eigenvalue weighted by atomic mass is 9.49. The number of nitrogens with one attached hydrogen (secondary N) is 3. The Kier molecular flexibility index (Phi) is 5.00. The van der Waals surface area contributed by atoms with Crippen LogP contribution in [-0.2, 0) is 9.59 Å². The van der Waals surface area contributed by atoms with E-state index in [0.29, 0.717) is 17.9 Å². The van der Waals surface area contributed by atoms with E-state index in [2.05, 4.69) is 16.0 Å². The van der Waals surface area contributed by atoms with Crippen molar-refractivity contribution in [2.45, 2.75) is 44.9 Å². The number of benzene rings is 1. The van der Waals surface area contributed by atoms with Gasteiger partial charge in [-0.05, 0) is 80.5 Å². The van der Waals surface area contributed by atoms with Crippen molar-refractivity contribution in [2.75, 3.05) is 17.2 Å². The number of carbonyl (C=O) groups excluding carboxylic acids is 3. The Hall–Kier alpha value is -2.57. The molecule has 0 radical (unpaired) electrons. The summed E-state index contributed by atoms with van der Waals surface area (Å²) in [5.41, 5.74) is 6.09. The average molecular weight is 384 g/mol. The third-order valence-electron chi connectivity index (χ3n) is 6.59. The zero-order valence-electron chi connectivity index (χ0n) is 16.0. The number of rotatable bonds is 6. The van der Waals surface area contributed by atoms with Crippen LogP contribution < -0.4 is 21.7 Å². The van der Waals surface area contributed by atoms with Gasteiger partial charge in [0.2, 0.25) is 11.8 Å².